The molecule has 32 heavy (non-hydrogen) atoms. The molecule has 8 nitrogen and oxygen atoms in total. The van der Waals surface area contributed by atoms with Crippen LogP contribution in [0.4, 0.5) is 0 Å². The van der Waals surface area contributed by atoms with Crippen LogP contribution in [0.25, 0.3) is 5.69 Å². The molecule has 164 valence electrons. The van der Waals surface area contributed by atoms with Crippen molar-refractivity contribution >= 4 is 5.91 Å². The molecule has 1 aliphatic heterocycles. The Labute approximate surface area is 187 Å². The van der Waals surface area contributed by atoms with Gasteiger partial charge in [-0.1, -0.05) is 18.6 Å². The Kier molecular flexibility index (Phi) is 6.26. The standard InChI is InChI=1S/C24H27N7O/c1-16-6-10-23(31-26-15-18(3)29-31)21(13-16)24(32)30-12-4-5-17(2)22(30)11-9-19-7-8-20(14-25)28-27-19/h6-8,10,13,15,17,22H,4-5,9,11-12H2,1-3H3/t17-,22-/m1/s1. The molecule has 0 unspecified atom stereocenters. The third kappa shape index (κ3) is 4.52. The second-order valence-corrected chi connectivity index (χ2v) is 8.54. The van der Waals surface area contributed by atoms with Crippen LogP contribution in [0.3, 0.4) is 0 Å². The van der Waals surface area contributed by atoms with E-state index in [2.05, 4.69) is 27.3 Å². The highest BCUT2D eigenvalue weighted by Crippen LogP contribution is 2.29. The number of likely N-dealkylation sites (tertiary alicyclic amines) is 1. The summed E-state index contributed by atoms with van der Waals surface area (Å²) in [6.07, 6.45) is 5.28. The molecule has 1 fully saturated rings. The van der Waals surface area contributed by atoms with Crippen LogP contribution < -0.4 is 0 Å². The van der Waals surface area contributed by atoms with E-state index in [0.717, 1.165) is 42.8 Å². The predicted octanol–water partition coefficient (Wildman–Crippen LogP) is 3.42. The highest BCUT2D eigenvalue weighted by molar-refractivity contribution is 5.98. The fraction of sp³-hybridized carbons (Fsp3) is 0.417. The van der Waals surface area contributed by atoms with Gasteiger partial charge in [-0.2, -0.15) is 25.4 Å². The molecule has 8 heteroatoms. The van der Waals surface area contributed by atoms with Crippen molar-refractivity contribution in [2.75, 3.05) is 6.54 Å². The van der Waals surface area contributed by atoms with Gasteiger partial charge in [0.05, 0.1) is 28.8 Å². The third-order valence-corrected chi connectivity index (χ3v) is 6.11. The van der Waals surface area contributed by atoms with E-state index in [4.69, 9.17) is 5.26 Å². The number of carbonyl (C=O) groups excluding carboxylic acids is 1. The highest BCUT2D eigenvalue weighted by Gasteiger charge is 2.33. The largest absolute Gasteiger partial charge is 0.335 e. The van der Waals surface area contributed by atoms with Crippen LogP contribution in [0.1, 0.15) is 59.2 Å². The number of nitriles is 1. The molecule has 0 saturated carbocycles. The summed E-state index contributed by atoms with van der Waals surface area (Å²) in [6, 6.07) is 11.4. The molecule has 0 aliphatic carbocycles. The molecule has 4 rings (SSSR count). The number of piperidine rings is 1. The van der Waals surface area contributed by atoms with Crippen LogP contribution in [0.5, 0.6) is 0 Å². The van der Waals surface area contributed by atoms with Crippen molar-refractivity contribution in [2.45, 2.75) is 52.5 Å². The van der Waals surface area contributed by atoms with Crippen LogP contribution in [-0.2, 0) is 6.42 Å². The van der Waals surface area contributed by atoms with Crippen LogP contribution >= 0.6 is 0 Å². The molecule has 2 aromatic heterocycles. The first kappa shape index (κ1) is 21.6. The summed E-state index contributed by atoms with van der Waals surface area (Å²) in [5.41, 5.74) is 4.29. The van der Waals surface area contributed by atoms with E-state index >= 15 is 0 Å². The minimum atomic E-state index is 0.0149. The SMILES string of the molecule is Cc1ccc(-n2ncc(C)n2)c(C(=O)N2CCC[C@@H](C)[C@H]2CCc2ccc(C#N)nn2)c1. The van der Waals surface area contributed by atoms with E-state index in [-0.39, 0.29) is 11.9 Å². The normalized spacial score (nSPS) is 18.4. The topological polar surface area (TPSA) is 101 Å². The number of hydrogen-bond donors (Lipinski definition) is 0. The molecule has 0 N–H and O–H groups in total. The maximum atomic E-state index is 13.8. The summed E-state index contributed by atoms with van der Waals surface area (Å²) in [5.74, 6) is 0.401. The van der Waals surface area contributed by atoms with E-state index in [1.807, 2.05) is 49.1 Å². The van der Waals surface area contributed by atoms with Gasteiger partial charge in [-0.15, -0.1) is 5.10 Å². The maximum absolute atomic E-state index is 13.8. The molecular formula is C24H27N7O. The first-order valence-electron chi connectivity index (χ1n) is 11.0. The second kappa shape index (κ2) is 9.27. The second-order valence-electron chi connectivity index (χ2n) is 8.54. The fourth-order valence-electron chi connectivity index (χ4n) is 4.40. The quantitative estimate of drug-likeness (QED) is 0.616. The van der Waals surface area contributed by atoms with Crippen molar-refractivity contribution in [2.24, 2.45) is 5.92 Å². The number of aromatic nitrogens is 5. The summed E-state index contributed by atoms with van der Waals surface area (Å²) in [4.78, 5) is 17.3. The molecular weight excluding hydrogens is 402 g/mol. The molecule has 2 atom stereocenters. The van der Waals surface area contributed by atoms with Crippen molar-refractivity contribution in [1.82, 2.24) is 30.1 Å². The van der Waals surface area contributed by atoms with Gasteiger partial charge >= 0.3 is 0 Å². The predicted molar refractivity (Wildman–Crippen MR) is 119 cm³/mol. The first-order valence-corrected chi connectivity index (χ1v) is 11.0. The Morgan fingerprint density at radius 1 is 1.22 bits per heavy atom. The number of nitrogens with zero attached hydrogens (tertiary/aromatic N) is 7. The zero-order valence-electron chi connectivity index (χ0n) is 18.7. The lowest BCUT2D eigenvalue weighted by atomic mass is 9.86. The summed E-state index contributed by atoms with van der Waals surface area (Å²) in [6.45, 7) is 6.81. The van der Waals surface area contributed by atoms with E-state index in [1.165, 1.54) is 4.80 Å². The Morgan fingerprint density at radius 3 is 2.75 bits per heavy atom. The van der Waals surface area contributed by atoms with Gasteiger partial charge in [-0.3, -0.25) is 4.79 Å². The van der Waals surface area contributed by atoms with E-state index in [1.54, 1.807) is 12.3 Å². The van der Waals surface area contributed by atoms with Crippen molar-refractivity contribution in [1.29, 1.82) is 5.26 Å². The van der Waals surface area contributed by atoms with Crippen molar-refractivity contribution in [3.63, 3.8) is 0 Å². The van der Waals surface area contributed by atoms with Crippen LogP contribution in [0.2, 0.25) is 0 Å². The van der Waals surface area contributed by atoms with Crippen LogP contribution in [0.15, 0.2) is 36.5 Å². The number of amides is 1. The molecule has 3 heterocycles. The Morgan fingerprint density at radius 2 is 2.06 bits per heavy atom. The monoisotopic (exact) mass is 429 g/mol. The van der Waals surface area contributed by atoms with Crippen LogP contribution in [0, 0.1) is 31.1 Å². The minimum Gasteiger partial charge on any atom is -0.335 e. The Hall–Kier alpha value is -3.60. The Bertz CT molecular complexity index is 1150. The Balaban J connectivity index is 1.60. The molecule has 0 radical (unpaired) electrons. The average molecular weight is 430 g/mol. The van der Waals surface area contributed by atoms with Gasteiger partial charge in [0.2, 0.25) is 0 Å². The lowest BCUT2D eigenvalue weighted by Crippen LogP contribution is -2.48. The van der Waals surface area contributed by atoms with Crippen molar-refractivity contribution in [3.8, 4) is 11.8 Å². The maximum Gasteiger partial charge on any atom is 0.256 e. The van der Waals surface area contributed by atoms with Gasteiger partial charge < -0.3 is 4.90 Å². The third-order valence-electron chi connectivity index (χ3n) is 6.11. The number of rotatable bonds is 5. The molecule has 1 amide bonds. The van der Waals surface area contributed by atoms with Gasteiger partial charge in [0.15, 0.2) is 5.69 Å². The molecule has 1 aromatic carbocycles. The molecule has 1 aliphatic rings. The summed E-state index contributed by atoms with van der Waals surface area (Å²) in [7, 11) is 0. The van der Waals surface area contributed by atoms with Gasteiger partial charge in [-0.05, 0) is 69.7 Å². The number of benzene rings is 1. The van der Waals surface area contributed by atoms with Crippen molar-refractivity contribution in [3.05, 3.63) is 64.7 Å². The number of carbonyl (C=O) groups is 1. The van der Waals surface area contributed by atoms with E-state index in [0.29, 0.717) is 29.3 Å². The van der Waals surface area contributed by atoms with Gasteiger partial charge in [0.25, 0.3) is 5.91 Å². The van der Waals surface area contributed by atoms with E-state index in [9.17, 15) is 4.79 Å². The van der Waals surface area contributed by atoms with E-state index < -0.39 is 0 Å². The average Bonchev–Trinajstić information content (AvgIpc) is 3.24. The number of hydrogen-bond acceptors (Lipinski definition) is 6. The van der Waals surface area contributed by atoms with Crippen molar-refractivity contribution < 1.29 is 4.79 Å². The van der Waals surface area contributed by atoms with Crippen LogP contribution in [-0.4, -0.2) is 48.6 Å². The fourth-order valence-corrected chi connectivity index (χ4v) is 4.40. The smallest absolute Gasteiger partial charge is 0.256 e. The minimum absolute atomic E-state index is 0.0149. The lowest BCUT2D eigenvalue weighted by Gasteiger charge is -2.40. The summed E-state index contributed by atoms with van der Waals surface area (Å²) >= 11 is 0. The number of aryl methyl sites for hydroxylation is 3. The lowest BCUT2D eigenvalue weighted by molar-refractivity contribution is 0.0498. The van der Waals surface area contributed by atoms with Gasteiger partial charge in [0, 0.05) is 12.6 Å². The summed E-state index contributed by atoms with van der Waals surface area (Å²) in [5, 5.41) is 25.8. The molecule has 0 spiro atoms. The molecule has 3 aromatic rings. The van der Waals surface area contributed by atoms with Gasteiger partial charge in [-0.25, -0.2) is 0 Å². The zero-order chi connectivity index (χ0) is 22.7. The first-order chi connectivity index (χ1) is 15.5. The molecule has 1 saturated heterocycles. The zero-order valence-corrected chi connectivity index (χ0v) is 18.7. The van der Waals surface area contributed by atoms with Gasteiger partial charge in [0.1, 0.15) is 6.07 Å². The highest BCUT2D eigenvalue weighted by atomic mass is 16.2. The summed E-state index contributed by atoms with van der Waals surface area (Å²) < 4.78 is 0. The molecule has 0 bridgehead atoms.